The van der Waals surface area contributed by atoms with Crippen molar-refractivity contribution >= 4 is 17.4 Å². The molecule has 0 unspecified atom stereocenters. The van der Waals surface area contributed by atoms with Gasteiger partial charge in [0.1, 0.15) is 6.61 Å². The first kappa shape index (κ1) is 16.4. The zero-order chi connectivity index (χ0) is 17.4. The normalized spacial score (nSPS) is 19.2. The van der Waals surface area contributed by atoms with Crippen molar-refractivity contribution in [3.8, 4) is 0 Å². The highest BCUT2D eigenvalue weighted by Gasteiger charge is 2.47. The number of amides is 1. The highest BCUT2D eigenvalue weighted by atomic mass is 32.1. The van der Waals surface area contributed by atoms with Gasteiger partial charge in [0.2, 0.25) is 5.92 Å². The monoisotopic (exact) mass is 364 g/mol. The maximum absolute atomic E-state index is 13.1. The van der Waals surface area contributed by atoms with Crippen LogP contribution in [0.2, 0.25) is 0 Å². The molecule has 25 heavy (non-hydrogen) atoms. The molecule has 4 nitrogen and oxygen atoms in total. The molecular weight excluding hydrogens is 346 g/mol. The summed E-state index contributed by atoms with van der Waals surface area (Å²) in [6.45, 7) is 1.20. The van der Waals surface area contributed by atoms with Crippen LogP contribution in [0.25, 0.3) is 0 Å². The first-order chi connectivity index (χ1) is 12.0. The van der Waals surface area contributed by atoms with Gasteiger partial charge in [0.25, 0.3) is 0 Å². The van der Waals surface area contributed by atoms with Crippen LogP contribution in [0.3, 0.4) is 0 Å². The first-order valence-electron chi connectivity index (χ1n) is 8.32. The number of hydrogen-bond acceptors (Lipinski definition) is 4. The molecule has 2 aliphatic rings. The summed E-state index contributed by atoms with van der Waals surface area (Å²) in [5.74, 6) is -2.67. The third kappa shape index (κ3) is 3.51. The van der Waals surface area contributed by atoms with E-state index in [-0.39, 0.29) is 31.5 Å². The second-order valence-corrected chi connectivity index (χ2v) is 7.71. The van der Waals surface area contributed by atoms with Gasteiger partial charge in [-0.25, -0.2) is 18.6 Å². The van der Waals surface area contributed by atoms with Crippen molar-refractivity contribution in [1.29, 1.82) is 0 Å². The molecule has 0 N–H and O–H groups in total. The van der Waals surface area contributed by atoms with Gasteiger partial charge in [-0.3, -0.25) is 0 Å². The Balaban J connectivity index is 1.36. The number of carbonyl (C=O) groups is 1. The highest BCUT2D eigenvalue weighted by molar-refractivity contribution is 7.11. The molecular formula is C18H18F2N2O2S. The fourth-order valence-corrected chi connectivity index (χ4v) is 4.36. The van der Waals surface area contributed by atoms with E-state index in [1.807, 2.05) is 30.3 Å². The Hall–Kier alpha value is -2.02. The predicted molar refractivity (Wildman–Crippen MR) is 89.8 cm³/mol. The van der Waals surface area contributed by atoms with Crippen LogP contribution in [-0.2, 0) is 24.3 Å². The van der Waals surface area contributed by atoms with Crippen molar-refractivity contribution in [2.24, 2.45) is 0 Å². The van der Waals surface area contributed by atoms with E-state index in [4.69, 9.17) is 4.74 Å². The Labute approximate surface area is 148 Å². The van der Waals surface area contributed by atoms with E-state index in [2.05, 4.69) is 4.98 Å². The van der Waals surface area contributed by atoms with Crippen molar-refractivity contribution in [2.75, 3.05) is 6.54 Å². The minimum absolute atomic E-state index is 0.109. The molecule has 0 spiro atoms. The molecule has 132 valence electrons. The maximum Gasteiger partial charge on any atom is 0.410 e. The van der Waals surface area contributed by atoms with Crippen LogP contribution in [-0.4, -0.2) is 28.4 Å². The van der Waals surface area contributed by atoms with Crippen LogP contribution < -0.4 is 0 Å². The summed E-state index contributed by atoms with van der Waals surface area (Å²) in [5, 5.41) is 0.787. The van der Waals surface area contributed by atoms with Crippen molar-refractivity contribution in [3.63, 3.8) is 0 Å². The Morgan fingerprint density at radius 3 is 2.80 bits per heavy atom. The summed E-state index contributed by atoms with van der Waals surface area (Å²) in [4.78, 5) is 19.5. The van der Waals surface area contributed by atoms with Crippen molar-refractivity contribution in [1.82, 2.24) is 9.88 Å². The number of thiazole rings is 1. The SMILES string of the molecule is O=C(OCc1ccccc1)N1CCc2sc(C3CC(F)(F)C3)nc2C1. The molecule has 4 rings (SSSR count). The molecule has 2 aromatic rings. The number of aromatic nitrogens is 1. The lowest BCUT2D eigenvalue weighted by atomic mass is 9.82. The number of alkyl halides is 2. The van der Waals surface area contributed by atoms with Gasteiger partial charge < -0.3 is 9.64 Å². The maximum atomic E-state index is 13.1. The van der Waals surface area contributed by atoms with Gasteiger partial charge >= 0.3 is 6.09 Å². The van der Waals surface area contributed by atoms with Gasteiger partial charge in [0.15, 0.2) is 0 Å². The Morgan fingerprint density at radius 2 is 2.08 bits per heavy atom. The van der Waals surface area contributed by atoms with E-state index in [1.54, 1.807) is 4.90 Å². The number of hydrogen-bond donors (Lipinski definition) is 0. The van der Waals surface area contributed by atoms with Gasteiger partial charge in [0.05, 0.1) is 17.2 Å². The molecule has 1 fully saturated rings. The number of ether oxygens (including phenoxy) is 1. The Morgan fingerprint density at radius 1 is 1.32 bits per heavy atom. The van der Waals surface area contributed by atoms with E-state index in [9.17, 15) is 13.6 Å². The average Bonchev–Trinajstić information content (AvgIpc) is 3.01. The number of fused-ring (bicyclic) bond motifs is 1. The molecule has 1 saturated carbocycles. The quantitative estimate of drug-likeness (QED) is 0.813. The molecule has 1 aliphatic heterocycles. The zero-order valence-corrected chi connectivity index (χ0v) is 14.4. The third-order valence-electron chi connectivity index (χ3n) is 4.65. The molecule has 0 radical (unpaired) electrons. The molecule has 0 bridgehead atoms. The summed E-state index contributed by atoms with van der Waals surface area (Å²) in [7, 11) is 0. The van der Waals surface area contributed by atoms with E-state index in [0.29, 0.717) is 19.5 Å². The molecule has 0 saturated heterocycles. The van der Waals surface area contributed by atoms with Gasteiger partial charge in [-0.2, -0.15) is 0 Å². The standard InChI is InChI=1S/C18H18F2N2O2S/c19-18(20)8-13(9-18)16-21-14-10-22(7-6-15(14)25-16)17(23)24-11-12-4-2-1-3-5-12/h1-5,13H,6-11H2. The Kier molecular flexibility index (Phi) is 4.19. The Bertz CT molecular complexity index is 771. The smallest absolute Gasteiger partial charge is 0.410 e. The van der Waals surface area contributed by atoms with Gasteiger partial charge in [-0.1, -0.05) is 30.3 Å². The van der Waals surface area contributed by atoms with Crippen molar-refractivity contribution in [3.05, 3.63) is 51.5 Å². The molecule has 0 atom stereocenters. The van der Waals surface area contributed by atoms with Crippen molar-refractivity contribution < 1.29 is 18.3 Å². The number of nitrogens with zero attached hydrogens (tertiary/aromatic N) is 2. The summed E-state index contributed by atoms with van der Waals surface area (Å²) >= 11 is 1.52. The van der Waals surface area contributed by atoms with Crippen LogP contribution in [0.1, 0.15) is 39.9 Å². The topological polar surface area (TPSA) is 42.4 Å². The van der Waals surface area contributed by atoms with Crippen LogP contribution in [0.5, 0.6) is 0 Å². The lowest BCUT2D eigenvalue weighted by molar-refractivity contribution is -0.0868. The summed E-state index contributed by atoms with van der Waals surface area (Å²) < 4.78 is 31.5. The lowest BCUT2D eigenvalue weighted by Crippen LogP contribution is -2.36. The van der Waals surface area contributed by atoms with Gasteiger partial charge in [-0.05, 0) is 5.56 Å². The number of rotatable bonds is 3. The highest BCUT2D eigenvalue weighted by Crippen LogP contribution is 2.49. The van der Waals surface area contributed by atoms with E-state index in [1.165, 1.54) is 11.3 Å². The molecule has 1 amide bonds. The summed E-state index contributed by atoms with van der Waals surface area (Å²) in [6, 6.07) is 9.52. The third-order valence-corrected chi connectivity index (χ3v) is 5.97. The van der Waals surface area contributed by atoms with Crippen LogP contribution in [0, 0.1) is 0 Å². The summed E-state index contributed by atoms with van der Waals surface area (Å²) in [5.41, 5.74) is 1.77. The van der Waals surface area contributed by atoms with E-state index < -0.39 is 5.92 Å². The van der Waals surface area contributed by atoms with Crippen molar-refractivity contribution in [2.45, 2.75) is 44.3 Å². The molecule has 7 heteroatoms. The second-order valence-electron chi connectivity index (χ2n) is 6.59. The number of halogens is 2. The average molecular weight is 364 g/mol. The fourth-order valence-electron chi connectivity index (χ4n) is 3.20. The van der Waals surface area contributed by atoms with Gasteiger partial charge in [0, 0.05) is 36.6 Å². The van der Waals surface area contributed by atoms with Crippen LogP contribution in [0.15, 0.2) is 30.3 Å². The largest absolute Gasteiger partial charge is 0.445 e. The van der Waals surface area contributed by atoms with Crippen LogP contribution in [0.4, 0.5) is 13.6 Å². The lowest BCUT2D eigenvalue weighted by Gasteiger charge is -2.33. The van der Waals surface area contributed by atoms with E-state index in [0.717, 1.165) is 21.1 Å². The summed E-state index contributed by atoms with van der Waals surface area (Å²) in [6.07, 6.45) is 0.125. The zero-order valence-electron chi connectivity index (χ0n) is 13.6. The molecule has 1 aliphatic carbocycles. The van der Waals surface area contributed by atoms with Crippen LogP contribution >= 0.6 is 11.3 Å². The molecule has 1 aromatic heterocycles. The molecule has 1 aromatic carbocycles. The number of benzene rings is 1. The van der Waals surface area contributed by atoms with Gasteiger partial charge in [-0.15, -0.1) is 11.3 Å². The fraction of sp³-hybridized carbons (Fsp3) is 0.444. The molecule has 2 heterocycles. The second kappa shape index (κ2) is 6.37. The number of carbonyl (C=O) groups excluding carboxylic acids is 1. The minimum atomic E-state index is -2.54. The first-order valence-corrected chi connectivity index (χ1v) is 9.14. The minimum Gasteiger partial charge on any atom is -0.445 e. The predicted octanol–water partition coefficient (Wildman–Crippen LogP) is 4.35. The van der Waals surface area contributed by atoms with E-state index >= 15 is 0 Å².